The molecule has 5 rings (SSSR count). The van der Waals surface area contributed by atoms with E-state index in [4.69, 9.17) is 0 Å². The molecule has 3 N–H and O–H groups in total. The number of allylic oxidation sites excluding steroid dienone is 3. The molecule has 3 nitrogen and oxygen atoms in total. The molecule has 0 aromatic rings. The summed E-state index contributed by atoms with van der Waals surface area (Å²) in [6, 6.07) is 0. The first-order valence-electron chi connectivity index (χ1n) is 14.0. The molecule has 5 aliphatic carbocycles. The molecular formula is C31H50O3. The lowest BCUT2D eigenvalue weighted by Gasteiger charge is -2.71. The Kier molecular flexibility index (Phi) is 5.48. The summed E-state index contributed by atoms with van der Waals surface area (Å²) >= 11 is 0. The highest BCUT2D eigenvalue weighted by atomic mass is 16.3. The third-order valence-corrected chi connectivity index (χ3v) is 12.6. The average Bonchev–Trinajstić information content (AvgIpc) is 2.75. The van der Waals surface area contributed by atoms with Crippen LogP contribution in [0.25, 0.3) is 0 Å². The van der Waals surface area contributed by atoms with Gasteiger partial charge in [0, 0.05) is 17.4 Å². The maximum atomic E-state index is 11.8. The van der Waals surface area contributed by atoms with Crippen LogP contribution in [-0.2, 0) is 0 Å². The number of rotatable bonds is 2. The van der Waals surface area contributed by atoms with Gasteiger partial charge in [-0.15, -0.1) is 0 Å². The highest BCUT2D eigenvalue weighted by Gasteiger charge is 2.69. The number of aliphatic hydroxyl groups excluding tert-OH is 3. The summed E-state index contributed by atoms with van der Waals surface area (Å²) < 4.78 is 0. The lowest BCUT2D eigenvalue weighted by atomic mass is 9.33. The van der Waals surface area contributed by atoms with Crippen LogP contribution in [0.5, 0.6) is 0 Å². The third-order valence-electron chi connectivity index (χ3n) is 12.6. The van der Waals surface area contributed by atoms with E-state index in [1.807, 2.05) is 0 Å². The van der Waals surface area contributed by atoms with E-state index in [1.165, 1.54) is 30.4 Å². The molecule has 0 aromatic heterocycles. The molecule has 0 spiro atoms. The standard InChI is InChI=1S/C31H50O3/c1-20-10-11-28(5)23-9-8-21-22-15-26(2,3)12-13-31(22,19-33)25(34)16-29(21,6)30(23,7)17-27(4,18-32)24(28)14-20/h8-9,20,23-25,32-34H,10-19H2,1-7H3/t20-,23?,24?,25+,27+,28+,29+,30+,31+/m0/s1. The Balaban J connectivity index is 1.73. The Morgan fingerprint density at radius 3 is 2.32 bits per heavy atom. The largest absolute Gasteiger partial charge is 0.396 e. The molecule has 3 heteroatoms. The zero-order valence-electron chi connectivity index (χ0n) is 22.9. The van der Waals surface area contributed by atoms with Gasteiger partial charge in [0.25, 0.3) is 0 Å². The van der Waals surface area contributed by atoms with Crippen molar-refractivity contribution in [2.24, 2.45) is 50.2 Å². The van der Waals surface area contributed by atoms with E-state index in [0.29, 0.717) is 18.3 Å². The zero-order valence-corrected chi connectivity index (χ0v) is 22.9. The summed E-state index contributed by atoms with van der Waals surface area (Å²) in [6.45, 7) is 17.1. The van der Waals surface area contributed by atoms with Gasteiger partial charge < -0.3 is 15.3 Å². The van der Waals surface area contributed by atoms with Gasteiger partial charge in [0.2, 0.25) is 0 Å². The molecule has 5 aliphatic rings. The van der Waals surface area contributed by atoms with Crippen LogP contribution in [0.3, 0.4) is 0 Å². The lowest BCUT2D eigenvalue weighted by molar-refractivity contribution is -0.201. The molecule has 192 valence electrons. The molecular weight excluding hydrogens is 420 g/mol. The van der Waals surface area contributed by atoms with Crippen LogP contribution in [0, 0.1) is 50.2 Å². The van der Waals surface area contributed by atoms with Crippen molar-refractivity contribution in [3.8, 4) is 0 Å². The second-order valence-corrected chi connectivity index (χ2v) is 15.3. The van der Waals surface area contributed by atoms with Gasteiger partial charge in [-0.1, -0.05) is 72.6 Å². The number of fused-ring (bicyclic) bond motifs is 6. The summed E-state index contributed by atoms with van der Waals surface area (Å²) in [6.07, 6.45) is 12.7. The molecule has 9 atom stereocenters. The normalized spacial score (nSPS) is 54.1. The van der Waals surface area contributed by atoms with Crippen molar-refractivity contribution in [3.63, 3.8) is 0 Å². The Labute approximate surface area is 208 Å². The molecule has 0 aromatic carbocycles. The van der Waals surface area contributed by atoms with Crippen molar-refractivity contribution in [1.82, 2.24) is 0 Å². The highest BCUT2D eigenvalue weighted by molar-refractivity contribution is 5.47. The van der Waals surface area contributed by atoms with E-state index in [2.05, 4.69) is 60.6 Å². The minimum absolute atomic E-state index is 0.0408. The molecule has 0 radical (unpaired) electrons. The Morgan fingerprint density at radius 2 is 1.68 bits per heavy atom. The van der Waals surface area contributed by atoms with E-state index in [-0.39, 0.29) is 40.3 Å². The fourth-order valence-corrected chi connectivity index (χ4v) is 10.4. The van der Waals surface area contributed by atoms with E-state index in [1.54, 1.807) is 0 Å². The van der Waals surface area contributed by atoms with E-state index >= 15 is 0 Å². The van der Waals surface area contributed by atoms with Crippen molar-refractivity contribution in [3.05, 3.63) is 23.3 Å². The first kappa shape index (κ1) is 25.0. The molecule has 2 unspecified atom stereocenters. The van der Waals surface area contributed by atoms with E-state index in [9.17, 15) is 15.3 Å². The van der Waals surface area contributed by atoms with Gasteiger partial charge in [-0.05, 0) is 89.9 Å². The van der Waals surface area contributed by atoms with E-state index < -0.39 is 11.5 Å². The van der Waals surface area contributed by atoms with E-state index in [0.717, 1.165) is 31.6 Å². The van der Waals surface area contributed by atoms with Gasteiger partial charge in [-0.25, -0.2) is 0 Å². The monoisotopic (exact) mass is 470 g/mol. The maximum Gasteiger partial charge on any atom is 0.0664 e. The molecule has 0 heterocycles. The SMILES string of the molecule is C[C@H]1CC[C@@]2(C)C(C1)[C@@](C)(CO)C[C@]1(C)C2C=CC2=C3CC(C)(C)CC[C@]3(CO)[C@H](O)C[C@]21C. The van der Waals surface area contributed by atoms with Gasteiger partial charge in [0.1, 0.15) is 0 Å². The van der Waals surface area contributed by atoms with Crippen molar-refractivity contribution in [2.45, 2.75) is 106 Å². The summed E-state index contributed by atoms with van der Waals surface area (Å²) in [5.74, 6) is 1.69. The predicted molar refractivity (Wildman–Crippen MR) is 138 cm³/mol. The minimum Gasteiger partial charge on any atom is -0.396 e. The average molecular weight is 471 g/mol. The number of aliphatic hydroxyl groups is 3. The van der Waals surface area contributed by atoms with Crippen LogP contribution in [0.15, 0.2) is 23.3 Å². The van der Waals surface area contributed by atoms with Crippen molar-refractivity contribution in [1.29, 1.82) is 0 Å². The summed E-state index contributed by atoms with van der Waals surface area (Å²) in [5, 5.41) is 33.3. The Hall–Kier alpha value is -0.640. The second-order valence-electron chi connectivity index (χ2n) is 15.3. The predicted octanol–water partition coefficient (Wildman–Crippen LogP) is 6.28. The zero-order chi connectivity index (χ0) is 24.9. The Bertz CT molecular complexity index is 918. The van der Waals surface area contributed by atoms with Crippen LogP contribution in [0.1, 0.15) is 99.8 Å². The lowest BCUT2D eigenvalue weighted by Crippen LogP contribution is -2.66. The molecule has 0 aliphatic heterocycles. The summed E-state index contributed by atoms with van der Waals surface area (Å²) in [7, 11) is 0. The molecule has 3 saturated carbocycles. The van der Waals surface area contributed by atoms with Gasteiger partial charge >= 0.3 is 0 Å². The van der Waals surface area contributed by atoms with Crippen LogP contribution < -0.4 is 0 Å². The van der Waals surface area contributed by atoms with Gasteiger partial charge in [0.05, 0.1) is 12.7 Å². The molecule has 34 heavy (non-hydrogen) atoms. The Morgan fingerprint density at radius 1 is 0.971 bits per heavy atom. The van der Waals surface area contributed by atoms with Gasteiger partial charge in [-0.3, -0.25) is 0 Å². The van der Waals surface area contributed by atoms with Crippen molar-refractivity contribution >= 4 is 0 Å². The molecule has 0 bridgehead atoms. The van der Waals surface area contributed by atoms with Crippen molar-refractivity contribution < 1.29 is 15.3 Å². The minimum atomic E-state index is -0.515. The van der Waals surface area contributed by atoms with Crippen molar-refractivity contribution in [2.75, 3.05) is 13.2 Å². The van der Waals surface area contributed by atoms with Gasteiger partial charge in [0.15, 0.2) is 0 Å². The molecule has 3 fully saturated rings. The summed E-state index contributed by atoms with van der Waals surface area (Å²) in [4.78, 5) is 0. The quantitative estimate of drug-likeness (QED) is 0.445. The third kappa shape index (κ3) is 2.99. The molecule has 0 amide bonds. The van der Waals surface area contributed by atoms with Crippen LogP contribution in [-0.4, -0.2) is 34.6 Å². The first-order valence-corrected chi connectivity index (χ1v) is 14.0. The van der Waals surface area contributed by atoms with Gasteiger partial charge in [-0.2, -0.15) is 0 Å². The maximum absolute atomic E-state index is 11.8. The molecule has 0 saturated heterocycles. The number of hydrogen-bond donors (Lipinski definition) is 3. The summed E-state index contributed by atoms with van der Waals surface area (Å²) in [5.41, 5.74) is 2.28. The van der Waals surface area contributed by atoms with Crippen LogP contribution in [0.4, 0.5) is 0 Å². The fourth-order valence-electron chi connectivity index (χ4n) is 10.4. The van der Waals surface area contributed by atoms with Crippen LogP contribution >= 0.6 is 0 Å². The topological polar surface area (TPSA) is 60.7 Å². The van der Waals surface area contributed by atoms with Crippen LogP contribution in [0.2, 0.25) is 0 Å². The fraction of sp³-hybridized carbons (Fsp3) is 0.871. The highest BCUT2D eigenvalue weighted by Crippen LogP contribution is 2.75. The number of hydrogen-bond acceptors (Lipinski definition) is 3. The second kappa shape index (κ2) is 7.45. The smallest absolute Gasteiger partial charge is 0.0664 e. The first-order chi connectivity index (χ1) is 15.7.